The molecule has 4 rings (SSSR count). The maximum absolute atomic E-state index is 13.1. The summed E-state index contributed by atoms with van der Waals surface area (Å²) >= 11 is 0. The number of esters is 2. The molecule has 0 bridgehead atoms. The predicted octanol–water partition coefficient (Wildman–Crippen LogP) is 1.19. The van der Waals surface area contributed by atoms with Gasteiger partial charge in [-0.15, -0.1) is 0 Å². The van der Waals surface area contributed by atoms with Gasteiger partial charge in [-0.05, 0) is 38.1 Å². The van der Waals surface area contributed by atoms with Crippen molar-refractivity contribution in [2.45, 2.75) is 50.3 Å². The Balaban J connectivity index is 1.69. The van der Waals surface area contributed by atoms with Gasteiger partial charge in [0.1, 0.15) is 12.2 Å². The Kier molecular flexibility index (Phi) is 7.16. The Labute approximate surface area is 215 Å². The first kappa shape index (κ1) is 27.1. The Morgan fingerprint density at radius 3 is 1.71 bits per heavy atom. The van der Waals surface area contributed by atoms with Crippen LogP contribution in [0.2, 0.25) is 0 Å². The van der Waals surface area contributed by atoms with Crippen molar-refractivity contribution < 1.29 is 68.6 Å². The third-order valence-corrected chi connectivity index (χ3v) is 5.94. The van der Waals surface area contributed by atoms with Crippen molar-refractivity contribution in [2.75, 3.05) is 13.7 Å². The van der Waals surface area contributed by atoms with Crippen molar-refractivity contribution in [1.82, 2.24) is 0 Å². The van der Waals surface area contributed by atoms with Gasteiger partial charge in [0.05, 0.1) is 17.7 Å². The zero-order valence-corrected chi connectivity index (χ0v) is 20.4. The van der Waals surface area contributed by atoms with Gasteiger partial charge in [-0.1, -0.05) is 0 Å². The van der Waals surface area contributed by atoms with Gasteiger partial charge >= 0.3 is 11.9 Å². The number of carbonyl (C=O) groups is 2. The van der Waals surface area contributed by atoms with E-state index in [0.29, 0.717) is 0 Å². The van der Waals surface area contributed by atoms with Crippen molar-refractivity contribution in [3.8, 4) is 34.5 Å². The van der Waals surface area contributed by atoms with Crippen molar-refractivity contribution in [1.29, 1.82) is 0 Å². The number of carbonyl (C=O) groups excluding carboxylic acids is 2. The third-order valence-electron chi connectivity index (χ3n) is 5.94. The number of aromatic hydroxyl groups is 6. The van der Waals surface area contributed by atoms with Gasteiger partial charge in [-0.2, -0.15) is 0 Å². The number of rotatable bonds is 5. The molecule has 2 fully saturated rings. The van der Waals surface area contributed by atoms with Gasteiger partial charge in [0, 0.05) is 7.11 Å². The predicted molar refractivity (Wildman–Crippen MR) is 122 cm³/mol. The molecule has 2 unspecified atom stereocenters. The van der Waals surface area contributed by atoms with E-state index in [1.165, 1.54) is 7.11 Å². The zero-order valence-electron chi connectivity index (χ0n) is 20.4. The average molecular weight is 538 g/mol. The van der Waals surface area contributed by atoms with E-state index in [0.717, 1.165) is 24.3 Å². The summed E-state index contributed by atoms with van der Waals surface area (Å²) in [4.78, 5) is 26.0. The lowest BCUT2D eigenvalue weighted by Crippen LogP contribution is -2.66. The summed E-state index contributed by atoms with van der Waals surface area (Å²) in [5.74, 6) is -8.19. The first-order valence-corrected chi connectivity index (χ1v) is 11.2. The molecule has 2 aromatic rings. The van der Waals surface area contributed by atoms with Crippen LogP contribution in [0.3, 0.4) is 0 Å². The third kappa shape index (κ3) is 5.19. The second kappa shape index (κ2) is 10.1. The Morgan fingerprint density at radius 1 is 0.816 bits per heavy atom. The number of phenols is 6. The normalized spacial score (nSPS) is 26.2. The quantitative estimate of drug-likeness (QED) is 0.233. The lowest BCUT2D eigenvalue weighted by molar-refractivity contribution is -0.378. The van der Waals surface area contributed by atoms with Crippen LogP contribution in [-0.4, -0.2) is 92.8 Å². The van der Waals surface area contributed by atoms with E-state index in [1.54, 1.807) is 13.8 Å². The van der Waals surface area contributed by atoms with Gasteiger partial charge in [0.15, 0.2) is 58.8 Å². The maximum Gasteiger partial charge on any atom is 0.339 e. The molecule has 2 aliphatic rings. The first-order valence-electron chi connectivity index (χ1n) is 11.2. The molecule has 14 nitrogen and oxygen atoms in total. The fourth-order valence-electron chi connectivity index (χ4n) is 4.08. The van der Waals surface area contributed by atoms with Crippen LogP contribution in [-0.2, 0) is 28.4 Å². The molecule has 0 saturated carbocycles. The lowest BCUT2D eigenvalue weighted by atomic mass is 9.96. The monoisotopic (exact) mass is 538 g/mol. The number of benzene rings is 2. The highest BCUT2D eigenvalue weighted by Gasteiger charge is 2.55. The van der Waals surface area contributed by atoms with E-state index in [1.807, 2.05) is 0 Å². The second-order valence-corrected chi connectivity index (χ2v) is 9.04. The summed E-state index contributed by atoms with van der Waals surface area (Å²) in [6, 6.07) is 3.42. The Morgan fingerprint density at radius 2 is 1.26 bits per heavy atom. The zero-order chi connectivity index (χ0) is 27.9. The molecular formula is C24H26O14. The van der Waals surface area contributed by atoms with Crippen LogP contribution in [0.5, 0.6) is 34.5 Å². The van der Waals surface area contributed by atoms with E-state index in [9.17, 15) is 40.2 Å². The van der Waals surface area contributed by atoms with Crippen LogP contribution in [0, 0.1) is 0 Å². The first-order chi connectivity index (χ1) is 17.8. The number of phenolic OH excluding ortho intramolecular Hbond substituents is 6. The number of methoxy groups -OCH3 is 1. The molecule has 2 saturated heterocycles. The van der Waals surface area contributed by atoms with Crippen LogP contribution in [0.1, 0.15) is 34.6 Å². The summed E-state index contributed by atoms with van der Waals surface area (Å²) < 4.78 is 33.9. The van der Waals surface area contributed by atoms with Crippen LogP contribution in [0.25, 0.3) is 0 Å². The van der Waals surface area contributed by atoms with Crippen molar-refractivity contribution >= 4 is 11.9 Å². The van der Waals surface area contributed by atoms with Gasteiger partial charge in [-0.3, -0.25) is 0 Å². The summed E-state index contributed by atoms with van der Waals surface area (Å²) in [5, 5.41) is 58.3. The van der Waals surface area contributed by atoms with Crippen molar-refractivity contribution in [3.05, 3.63) is 35.4 Å². The minimum atomic E-state index is -1.48. The van der Waals surface area contributed by atoms with Crippen molar-refractivity contribution in [3.63, 3.8) is 0 Å². The molecule has 0 spiro atoms. The Bertz CT molecular complexity index is 1190. The fourth-order valence-corrected chi connectivity index (χ4v) is 4.08. The van der Waals surface area contributed by atoms with Gasteiger partial charge in [-0.25, -0.2) is 9.59 Å². The highest BCUT2D eigenvalue weighted by Crippen LogP contribution is 2.39. The van der Waals surface area contributed by atoms with Gasteiger partial charge in [0.25, 0.3) is 0 Å². The van der Waals surface area contributed by atoms with Gasteiger partial charge in [0.2, 0.25) is 0 Å². The van der Waals surface area contributed by atoms with E-state index in [-0.39, 0.29) is 17.7 Å². The number of ether oxygens (including phenoxy) is 6. The molecule has 5 atom stereocenters. The molecular weight excluding hydrogens is 512 g/mol. The van der Waals surface area contributed by atoms with Crippen LogP contribution < -0.4 is 0 Å². The van der Waals surface area contributed by atoms with E-state index >= 15 is 0 Å². The largest absolute Gasteiger partial charge is 0.504 e. The Hall–Kier alpha value is -3.98. The topological polar surface area (TPSA) is 211 Å². The molecule has 0 radical (unpaired) electrons. The average Bonchev–Trinajstić information content (AvgIpc) is 2.85. The fraction of sp³-hybridized carbons (Fsp3) is 0.417. The highest BCUT2D eigenvalue weighted by molar-refractivity contribution is 5.92. The molecule has 38 heavy (non-hydrogen) atoms. The summed E-state index contributed by atoms with van der Waals surface area (Å²) in [5.41, 5.74) is -0.707. The molecule has 0 amide bonds. The minimum Gasteiger partial charge on any atom is -0.504 e. The minimum absolute atomic E-state index is 0.00721. The molecule has 0 aliphatic carbocycles. The standard InChI is InChI=1S/C24H26O14/c1-24(2)34-8-15-18(38-24)19(36-21(31)9-4-11(25)16(29)12(26)5-9)20(23(33-3)35-15)37-22(32)10-6-13(27)17(30)14(28)7-10/h4-7,15,18-20,23,25-30H,8H2,1-3H3/t15?,18-,19+,20?,23-/m1/s1. The van der Waals surface area contributed by atoms with Crippen LogP contribution in [0.4, 0.5) is 0 Å². The van der Waals surface area contributed by atoms with Crippen molar-refractivity contribution in [2.24, 2.45) is 0 Å². The van der Waals surface area contributed by atoms with E-state index < -0.39 is 82.9 Å². The van der Waals surface area contributed by atoms with E-state index in [4.69, 9.17) is 28.4 Å². The molecule has 6 N–H and O–H groups in total. The molecule has 14 heteroatoms. The number of hydrogen-bond donors (Lipinski definition) is 6. The molecule has 206 valence electrons. The lowest BCUT2D eigenvalue weighted by Gasteiger charge is -2.49. The molecule has 2 aliphatic heterocycles. The molecule has 0 aromatic heterocycles. The summed E-state index contributed by atoms with van der Waals surface area (Å²) in [7, 11) is 1.24. The van der Waals surface area contributed by atoms with E-state index in [2.05, 4.69) is 0 Å². The smallest absolute Gasteiger partial charge is 0.339 e. The SMILES string of the molecule is CO[C@@H]1OC2COC(C)(C)O[C@H]2[C@H](OC(=O)c2cc(O)c(O)c(O)c2)C1OC(=O)c1cc(O)c(O)c(O)c1. The molecule has 2 aromatic carbocycles. The second-order valence-electron chi connectivity index (χ2n) is 9.04. The summed E-state index contributed by atoms with van der Waals surface area (Å²) in [6.45, 7) is 3.19. The molecule has 2 heterocycles. The summed E-state index contributed by atoms with van der Waals surface area (Å²) in [6.07, 6.45) is -6.11. The number of hydrogen-bond acceptors (Lipinski definition) is 14. The number of fused-ring (bicyclic) bond motifs is 1. The van der Waals surface area contributed by atoms with Gasteiger partial charge < -0.3 is 59.1 Å². The maximum atomic E-state index is 13.1. The highest BCUT2D eigenvalue weighted by atomic mass is 16.8. The van der Waals surface area contributed by atoms with Crippen LogP contribution >= 0.6 is 0 Å². The van der Waals surface area contributed by atoms with Crippen LogP contribution in [0.15, 0.2) is 24.3 Å².